The van der Waals surface area contributed by atoms with Gasteiger partial charge >= 0.3 is 0 Å². The van der Waals surface area contributed by atoms with Crippen molar-refractivity contribution in [3.63, 3.8) is 0 Å². The zero-order chi connectivity index (χ0) is 12.6. The van der Waals surface area contributed by atoms with Crippen LogP contribution < -0.4 is 0 Å². The van der Waals surface area contributed by atoms with Crippen LogP contribution in [0.1, 0.15) is 53.4 Å². The van der Waals surface area contributed by atoms with E-state index in [2.05, 4.69) is 46.9 Å². The highest BCUT2D eigenvalue weighted by Crippen LogP contribution is 2.31. The molecule has 0 saturated heterocycles. The molecule has 1 radical (unpaired) electrons. The monoisotopic (exact) mass is 241 g/mol. The molecule has 0 bridgehead atoms. The third kappa shape index (κ3) is 7.97. The molecule has 1 atom stereocenters. The summed E-state index contributed by atoms with van der Waals surface area (Å²) in [5.74, 6) is 0.639. The number of hydrogen-bond donors (Lipinski definition) is 0. The highest BCUT2D eigenvalue weighted by molar-refractivity contribution is 6.48. The molecule has 0 amide bonds. The van der Waals surface area contributed by atoms with Crippen molar-refractivity contribution in [1.82, 2.24) is 0 Å². The topological polar surface area (TPSA) is 9.23 Å². The van der Waals surface area contributed by atoms with Crippen molar-refractivity contribution in [1.29, 1.82) is 0 Å². The molecule has 0 spiro atoms. The van der Waals surface area contributed by atoms with Gasteiger partial charge in [0.2, 0.25) is 0 Å². The average Bonchev–Trinajstić information content (AvgIpc) is 2.13. The van der Waals surface area contributed by atoms with Crippen LogP contribution in [0, 0.1) is 11.3 Å². The molecule has 0 fully saturated rings. The zero-order valence-electron chi connectivity index (χ0n) is 12.0. The lowest BCUT2D eigenvalue weighted by Gasteiger charge is -2.28. The van der Waals surface area contributed by atoms with Gasteiger partial charge in [0.15, 0.2) is 0 Å². The van der Waals surface area contributed by atoms with E-state index in [-0.39, 0.29) is 0 Å². The van der Waals surface area contributed by atoms with E-state index in [1.165, 1.54) is 25.7 Å². The number of unbranched alkanes of at least 4 members (excludes halogenated alkanes) is 2. The summed E-state index contributed by atoms with van der Waals surface area (Å²) in [6, 6.07) is 0. The first-order valence-electron chi connectivity index (χ1n) is 6.51. The minimum Gasteiger partial charge on any atom is -0.548 e. The van der Waals surface area contributed by atoms with Gasteiger partial charge in [-0.1, -0.05) is 47.0 Å². The Morgan fingerprint density at radius 2 is 1.81 bits per heavy atom. The molecule has 2 heteroatoms. The summed E-state index contributed by atoms with van der Waals surface area (Å²) in [6.45, 7) is 13.5. The van der Waals surface area contributed by atoms with Gasteiger partial charge in [-0.3, -0.25) is 0 Å². The van der Waals surface area contributed by atoms with Crippen LogP contribution in [0.5, 0.6) is 0 Å². The Kier molecular flexibility index (Phi) is 7.82. The molecule has 0 aromatic carbocycles. The van der Waals surface area contributed by atoms with Gasteiger partial charge in [-0.05, 0) is 36.9 Å². The van der Waals surface area contributed by atoms with E-state index in [1.54, 1.807) is 0 Å². The minimum atomic E-state index is -0.587. The van der Waals surface area contributed by atoms with E-state index in [4.69, 9.17) is 4.43 Å². The van der Waals surface area contributed by atoms with Gasteiger partial charge in [0, 0.05) is 0 Å². The number of hydrogen-bond acceptors (Lipinski definition) is 1. The van der Waals surface area contributed by atoms with Crippen LogP contribution in [0.25, 0.3) is 0 Å². The lowest BCUT2D eigenvalue weighted by molar-refractivity contribution is 0.268. The molecule has 0 aromatic heterocycles. The second-order valence-electron chi connectivity index (χ2n) is 5.82. The number of allylic oxidation sites excluding steroid dienone is 1. The fraction of sp³-hybridized carbons (Fsp3) is 0.857. The first-order chi connectivity index (χ1) is 7.38. The molecule has 95 valence electrons. The Labute approximate surface area is 104 Å². The summed E-state index contributed by atoms with van der Waals surface area (Å²) >= 11 is 0. The average molecular weight is 241 g/mol. The third-order valence-corrected chi connectivity index (χ3v) is 3.45. The lowest BCUT2D eigenvalue weighted by atomic mass is 9.78. The highest BCUT2D eigenvalue weighted by atomic mass is 28.3. The van der Waals surface area contributed by atoms with Crippen LogP contribution in [0.4, 0.5) is 0 Å². The standard InChI is InChI=1S/C14H29OSi/c1-7-8-9-10-13(14(2,3)4)11-12-15-16(5)6/h11-13H,7-10H2,1-6H3. The van der Waals surface area contributed by atoms with E-state index in [1.807, 2.05) is 6.26 Å². The smallest absolute Gasteiger partial charge is 0.273 e. The Balaban J connectivity index is 4.16. The van der Waals surface area contributed by atoms with Gasteiger partial charge < -0.3 is 4.43 Å². The van der Waals surface area contributed by atoms with Crippen molar-refractivity contribution in [3.8, 4) is 0 Å². The van der Waals surface area contributed by atoms with Crippen molar-refractivity contribution >= 4 is 9.04 Å². The van der Waals surface area contributed by atoms with Gasteiger partial charge in [-0.15, -0.1) is 0 Å². The zero-order valence-corrected chi connectivity index (χ0v) is 13.0. The predicted molar refractivity (Wildman–Crippen MR) is 74.8 cm³/mol. The van der Waals surface area contributed by atoms with E-state index in [0.29, 0.717) is 11.3 Å². The summed E-state index contributed by atoms with van der Waals surface area (Å²) in [6.07, 6.45) is 9.47. The van der Waals surface area contributed by atoms with Crippen LogP contribution in [0.15, 0.2) is 12.3 Å². The van der Waals surface area contributed by atoms with Gasteiger partial charge in [-0.25, -0.2) is 0 Å². The molecule has 0 N–H and O–H groups in total. The predicted octanol–water partition coefficient (Wildman–Crippen LogP) is 5.01. The molecule has 0 saturated carbocycles. The van der Waals surface area contributed by atoms with E-state index >= 15 is 0 Å². The molecule has 0 aromatic rings. The maximum atomic E-state index is 5.60. The first-order valence-corrected chi connectivity index (χ1v) is 8.92. The normalized spacial score (nSPS) is 14.7. The quantitative estimate of drug-likeness (QED) is 0.346. The molecule has 0 rings (SSSR count). The SMILES string of the molecule is CCCCCC(C=CO[Si](C)C)C(C)(C)C. The minimum absolute atomic E-state index is 0.349. The van der Waals surface area contributed by atoms with Crippen molar-refractivity contribution in [2.24, 2.45) is 11.3 Å². The fourth-order valence-corrected chi connectivity index (χ4v) is 2.05. The second kappa shape index (κ2) is 7.94. The van der Waals surface area contributed by atoms with Crippen LogP contribution in [0.3, 0.4) is 0 Å². The number of rotatable bonds is 7. The molecular formula is C14H29OSi. The van der Waals surface area contributed by atoms with Crippen LogP contribution in [-0.2, 0) is 4.43 Å². The summed E-state index contributed by atoms with van der Waals surface area (Å²) in [7, 11) is -0.587. The van der Waals surface area contributed by atoms with Crippen molar-refractivity contribution in [3.05, 3.63) is 12.3 Å². The highest BCUT2D eigenvalue weighted by Gasteiger charge is 2.21. The maximum absolute atomic E-state index is 5.60. The summed E-state index contributed by atoms with van der Waals surface area (Å²) in [4.78, 5) is 0. The molecule has 0 aliphatic heterocycles. The first kappa shape index (κ1) is 15.8. The van der Waals surface area contributed by atoms with Crippen LogP contribution >= 0.6 is 0 Å². The maximum Gasteiger partial charge on any atom is 0.273 e. The second-order valence-corrected chi connectivity index (χ2v) is 7.88. The van der Waals surface area contributed by atoms with Crippen molar-refractivity contribution < 1.29 is 4.43 Å². The Morgan fingerprint density at radius 3 is 2.25 bits per heavy atom. The van der Waals surface area contributed by atoms with E-state index in [9.17, 15) is 0 Å². The molecule has 0 aliphatic carbocycles. The molecule has 16 heavy (non-hydrogen) atoms. The van der Waals surface area contributed by atoms with Gasteiger partial charge in [0.05, 0.1) is 6.26 Å². The Hall–Kier alpha value is -0.243. The molecular weight excluding hydrogens is 212 g/mol. The Bertz CT molecular complexity index is 191. The summed E-state index contributed by atoms with van der Waals surface area (Å²) in [5, 5.41) is 0. The Morgan fingerprint density at radius 1 is 1.19 bits per heavy atom. The van der Waals surface area contributed by atoms with Crippen LogP contribution in [-0.4, -0.2) is 9.04 Å². The molecule has 0 aliphatic rings. The summed E-state index contributed by atoms with van der Waals surface area (Å²) in [5.41, 5.74) is 0.349. The third-order valence-electron chi connectivity index (χ3n) is 2.85. The molecule has 1 nitrogen and oxygen atoms in total. The van der Waals surface area contributed by atoms with E-state index in [0.717, 1.165) is 0 Å². The van der Waals surface area contributed by atoms with Gasteiger partial charge in [0.1, 0.15) is 0 Å². The van der Waals surface area contributed by atoms with Gasteiger partial charge in [-0.2, -0.15) is 0 Å². The largest absolute Gasteiger partial charge is 0.548 e. The molecule has 0 heterocycles. The fourth-order valence-electron chi connectivity index (χ4n) is 1.70. The van der Waals surface area contributed by atoms with Crippen LogP contribution in [0.2, 0.25) is 13.1 Å². The van der Waals surface area contributed by atoms with Crippen molar-refractivity contribution in [2.75, 3.05) is 0 Å². The van der Waals surface area contributed by atoms with Crippen molar-refractivity contribution in [2.45, 2.75) is 66.5 Å². The lowest BCUT2D eigenvalue weighted by Crippen LogP contribution is -2.18. The van der Waals surface area contributed by atoms with E-state index < -0.39 is 9.04 Å². The van der Waals surface area contributed by atoms with Gasteiger partial charge in [0.25, 0.3) is 9.04 Å². The molecule has 1 unspecified atom stereocenters. The summed E-state index contributed by atoms with van der Waals surface area (Å²) < 4.78 is 5.60.